The van der Waals surface area contributed by atoms with Gasteiger partial charge in [-0.3, -0.25) is 10.1 Å². The van der Waals surface area contributed by atoms with Crippen molar-refractivity contribution in [2.45, 2.75) is 32.6 Å². The summed E-state index contributed by atoms with van der Waals surface area (Å²) in [6, 6.07) is 10.5. The Morgan fingerprint density at radius 2 is 1.92 bits per heavy atom. The molecule has 0 unspecified atom stereocenters. The molecule has 1 aromatic carbocycles. The van der Waals surface area contributed by atoms with Crippen molar-refractivity contribution in [2.75, 3.05) is 6.54 Å². The molecule has 1 N–H and O–H groups in total. The van der Waals surface area contributed by atoms with Gasteiger partial charge in [-0.15, -0.1) is 0 Å². The number of rotatable bonds is 4. The van der Waals surface area contributed by atoms with Crippen LogP contribution >= 0.6 is 23.6 Å². The minimum atomic E-state index is -0.129. The lowest BCUT2D eigenvalue weighted by Gasteiger charge is -2.19. The van der Waals surface area contributed by atoms with Crippen molar-refractivity contribution in [3.05, 3.63) is 63.5 Å². The zero-order valence-electron chi connectivity index (χ0n) is 14.7. The predicted octanol–water partition coefficient (Wildman–Crippen LogP) is 4.35. The van der Waals surface area contributed by atoms with Crippen LogP contribution in [-0.2, 0) is 16.6 Å². The lowest BCUT2D eigenvalue weighted by molar-refractivity contribution is -0.115. The van der Waals surface area contributed by atoms with Crippen molar-refractivity contribution in [1.29, 1.82) is 0 Å². The maximum Gasteiger partial charge on any atom is 0.274 e. The summed E-state index contributed by atoms with van der Waals surface area (Å²) in [6.07, 6.45) is 2.77. The Balaban J connectivity index is 1.80. The van der Waals surface area contributed by atoms with Crippen molar-refractivity contribution >= 4 is 40.7 Å². The molecule has 3 rings (SSSR count). The number of thiocarbonyl (C=S) groups is 1. The fraction of sp³-hybridized carbons (Fsp3) is 0.300. The molecular formula is C20H22N2OS2. The van der Waals surface area contributed by atoms with E-state index in [-0.39, 0.29) is 11.3 Å². The number of thiophene rings is 1. The third kappa shape index (κ3) is 4.17. The molecule has 1 aliphatic rings. The Labute approximate surface area is 158 Å². The third-order valence-corrected chi connectivity index (χ3v) is 5.33. The number of carbonyl (C=O) groups excluding carboxylic acids is 1. The molecule has 0 spiro atoms. The highest BCUT2D eigenvalue weighted by atomic mass is 32.1. The summed E-state index contributed by atoms with van der Waals surface area (Å²) in [4.78, 5) is 14.2. The van der Waals surface area contributed by atoms with Crippen molar-refractivity contribution in [2.24, 2.45) is 0 Å². The van der Waals surface area contributed by atoms with Gasteiger partial charge in [-0.25, -0.2) is 0 Å². The molecule has 0 saturated carbocycles. The summed E-state index contributed by atoms with van der Waals surface area (Å²) in [6.45, 7) is 7.26. The molecule has 1 aliphatic heterocycles. The fourth-order valence-corrected chi connectivity index (χ4v) is 3.72. The maximum atomic E-state index is 12.3. The Morgan fingerprint density at radius 3 is 2.52 bits per heavy atom. The summed E-state index contributed by atoms with van der Waals surface area (Å²) in [7, 11) is 0. The molecule has 0 bridgehead atoms. The summed E-state index contributed by atoms with van der Waals surface area (Å²) in [5, 5.41) is 7.43. The van der Waals surface area contributed by atoms with Crippen LogP contribution in [0.1, 0.15) is 37.5 Å². The molecule has 3 nitrogen and oxygen atoms in total. The summed E-state index contributed by atoms with van der Waals surface area (Å²) >= 11 is 7.01. The molecule has 2 heterocycles. The fourth-order valence-electron chi connectivity index (χ4n) is 2.74. The van der Waals surface area contributed by atoms with Crippen LogP contribution in [0.4, 0.5) is 0 Å². The van der Waals surface area contributed by atoms with E-state index in [1.54, 1.807) is 11.3 Å². The largest absolute Gasteiger partial charge is 0.314 e. The zero-order valence-corrected chi connectivity index (χ0v) is 16.3. The summed E-state index contributed by atoms with van der Waals surface area (Å²) in [5.74, 6) is -0.129. The number of carbonyl (C=O) groups is 1. The van der Waals surface area contributed by atoms with E-state index in [1.165, 1.54) is 11.1 Å². The van der Waals surface area contributed by atoms with Crippen LogP contribution in [0.2, 0.25) is 0 Å². The van der Waals surface area contributed by atoms with Gasteiger partial charge >= 0.3 is 0 Å². The highest BCUT2D eigenvalue weighted by Gasteiger charge is 2.29. The van der Waals surface area contributed by atoms with Gasteiger partial charge in [-0.05, 0) is 63.6 Å². The molecule has 0 radical (unpaired) electrons. The highest BCUT2D eigenvalue weighted by molar-refractivity contribution is 7.80. The second-order valence-electron chi connectivity index (χ2n) is 7.19. The average Bonchev–Trinajstić information content (AvgIpc) is 3.14. The van der Waals surface area contributed by atoms with Crippen LogP contribution in [0.25, 0.3) is 6.08 Å². The Hall–Kier alpha value is -1.98. The molecule has 1 aromatic heterocycles. The number of amides is 1. The second kappa shape index (κ2) is 7.10. The minimum absolute atomic E-state index is 0.116. The van der Waals surface area contributed by atoms with E-state index in [1.807, 2.05) is 11.0 Å². The van der Waals surface area contributed by atoms with Gasteiger partial charge in [0, 0.05) is 6.54 Å². The number of hydrogen-bond donors (Lipinski definition) is 1. The van der Waals surface area contributed by atoms with Gasteiger partial charge in [0.2, 0.25) is 0 Å². The minimum Gasteiger partial charge on any atom is -0.314 e. The number of hydrogen-bond acceptors (Lipinski definition) is 3. The Morgan fingerprint density at radius 1 is 1.20 bits per heavy atom. The van der Waals surface area contributed by atoms with Gasteiger partial charge in [0.25, 0.3) is 5.91 Å². The molecular weight excluding hydrogens is 348 g/mol. The van der Waals surface area contributed by atoms with E-state index in [2.05, 4.69) is 67.2 Å². The second-order valence-corrected chi connectivity index (χ2v) is 8.36. The van der Waals surface area contributed by atoms with E-state index in [9.17, 15) is 4.79 Å². The van der Waals surface area contributed by atoms with Crippen molar-refractivity contribution in [1.82, 2.24) is 10.2 Å². The normalized spacial score (nSPS) is 16.6. The SMILES string of the molecule is CC(C)(C)c1ccc(/C=C2\C(=O)NC(=S)N2CCc2ccsc2)cc1. The summed E-state index contributed by atoms with van der Waals surface area (Å²) < 4.78 is 0. The molecule has 0 atom stereocenters. The lowest BCUT2D eigenvalue weighted by Crippen LogP contribution is -2.29. The number of nitrogens with zero attached hydrogens (tertiary/aromatic N) is 1. The van der Waals surface area contributed by atoms with E-state index in [0.29, 0.717) is 17.4 Å². The number of benzene rings is 1. The molecule has 2 aromatic rings. The molecule has 130 valence electrons. The molecule has 0 aliphatic carbocycles. The first-order valence-corrected chi connectivity index (χ1v) is 9.66. The average molecular weight is 371 g/mol. The van der Waals surface area contributed by atoms with Crippen LogP contribution in [0.3, 0.4) is 0 Å². The van der Waals surface area contributed by atoms with Crippen LogP contribution in [0.15, 0.2) is 46.8 Å². The highest BCUT2D eigenvalue weighted by Crippen LogP contribution is 2.24. The third-order valence-electron chi connectivity index (χ3n) is 4.27. The monoisotopic (exact) mass is 370 g/mol. The van der Waals surface area contributed by atoms with E-state index in [4.69, 9.17) is 12.2 Å². The number of nitrogens with one attached hydrogen (secondary N) is 1. The summed E-state index contributed by atoms with van der Waals surface area (Å²) in [5.41, 5.74) is 4.27. The standard InChI is InChI=1S/C20H22N2OS2/c1-20(2,3)16-6-4-14(5-7-16)12-17-18(23)21-19(24)22(17)10-8-15-9-11-25-13-15/h4-7,9,11-13H,8,10H2,1-3H3,(H,21,23,24)/b17-12+. The van der Waals surface area contributed by atoms with Crippen LogP contribution in [0, 0.1) is 0 Å². The van der Waals surface area contributed by atoms with E-state index >= 15 is 0 Å². The van der Waals surface area contributed by atoms with Crippen LogP contribution < -0.4 is 5.32 Å². The van der Waals surface area contributed by atoms with Crippen LogP contribution in [-0.4, -0.2) is 22.5 Å². The molecule has 1 amide bonds. The van der Waals surface area contributed by atoms with Crippen molar-refractivity contribution < 1.29 is 4.79 Å². The molecule has 1 fully saturated rings. The first-order chi connectivity index (χ1) is 11.8. The molecule has 1 saturated heterocycles. The lowest BCUT2D eigenvalue weighted by atomic mass is 9.86. The van der Waals surface area contributed by atoms with E-state index < -0.39 is 0 Å². The Kier molecular flexibility index (Phi) is 5.06. The first-order valence-electron chi connectivity index (χ1n) is 8.31. The predicted molar refractivity (Wildman–Crippen MR) is 109 cm³/mol. The maximum absolute atomic E-state index is 12.3. The molecule has 5 heteroatoms. The van der Waals surface area contributed by atoms with Gasteiger partial charge in [-0.2, -0.15) is 11.3 Å². The quantitative estimate of drug-likeness (QED) is 0.642. The van der Waals surface area contributed by atoms with Crippen LogP contribution in [0.5, 0.6) is 0 Å². The van der Waals surface area contributed by atoms with Crippen molar-refractivity contribution in [3.63, 3.8) is 0 Å². The molecule has 25 heavy (non-hydrogen) atoms. The topological polar surface area (TPSA) is 32.3 Å². The zero-order chi connectivity index (χ0) is 18.0. The van der Waals surface area contributed by atoms with Crippen molar-refractivity contribution in [3.8, 4) is 0 Å². The van der Waals surface area contributed by atoms with Gasteiger partial charge in [-0.1, -0.05) is 45.0 Å². The van der Waals surface area contributed by atoms with Gasteiger partial charge in [0.1, 0.15) is 5.70 Å². The van der Waals surface area contributed by atoms with Gasteiger partial charge in [0.05, 0.1) is 0 Å². The van der Waals surface area contributed by atoms with Gasteiger partial charge in [0.15, 0.2) is 5.11 Å². The van der Waals surface area contributed by atoms with E-state index in [0.717, 1.165) is 12.0 Å². The van der Waals surface area contributed by atoms with Gasteiger partial charge < -0.3 is 4.90 Å². The smallest absolute Gasteiger partial charge is 0.274 e. The Bertz CT molecular complexity index is 799. The first kappa shape index (κ1) is 17.8.